The van der Waals surface area contributed by atoms with Crippen molar-refractivity contribution < 1.29 is 9.59 Å². The second-order valence-electron chi connectivity index (χ2n) is 5.34. The lowest BCUT2D eigenvalue weighted by molar-refractivity contribution is -0.117. The standard InChI is InChI=1S/C17H17N3O2/c1-19-12-13(11-18-19)7-8-16(21)14-4-2-5-15(10-14)20-9-3-6-17(20)22/h2,4-5,7-8,10-12H,3,6,9H2,1H3/b8-7+. The van der Waals surface area contributed by atoms with Crippen molar-refractivity contribution in [3.05, 3.63) is 53.9 Å². The predicted molar refractivity (Wildman–Crippen MR) is 84.6 cm³/mol. The van der Waals surface area contributed by atoms with E-state index in [0.29, 0.717) is 12.0 Å². The monoisotopic (exact) mass is 295 g/mol. The fourth-order valence-electron chi connectivity index (χ4n) is 2.54. The Labute approximate surface area is 128 Å². The normalized spacial score (nSPS) is 15.0. The highest BCUT2D eigenvalue weighted by molar-refractivity contribution is 6.08. The number of hydrogen-bond acceptors (Lipinski definition) is 3. The summed E-state index contributed by atoms with van der Waals surface area (Å²) in [6, 6.07) is 7.22. The highest BCUT2D eigenvalue weighted by atomic mass is 16.2. The molecule has 0 radical (unpaired) electrons. The molecule has 1 aliphatic heterocycles. The van der Waals surface area contributed by atoms with Crippen LogP contribution in [0.2, 0.25) is 0 Å². The molecule has 0 spiro atoms. The molecule has 22 heavy (non-hydrogen) atoms. The molecule has 5 heteroatoms. The van der Waals surface area contributed by atoms with Crippen molar-refractivity contribution in [1.82, 2.24) is 9.78 Å². The summed E-state index contributed by atoms with van der Waals surface area (Å²) >= 11 is 0. The van der Waals surface area contributed by atoms with Gasteiger partial charge in [0.15, 0.2) is 5.78 Å². The third-order valence-electron chi connectivity index (χ3n) is 3.67. The van der Waals surface area contributed by atoms with E-state index in [4.69, 9.17) is 0 Å². The Bertz CT molecular complexity index is 746. The Kier molecular flexibility index (Phi) is 3.87. The average molecular weight is 295 g/mol. The van der Waals surface area contributed by atoms with Crippen LogP contribution in [0.3, 0.4) is 0 Å². The summed E-state index contributed by atoms with van der Waals surface area (Å²) in [5.74, 6) is 0.0350. The van der Waals surface area contributed by atoms with E-state index in [1.54, 1.807) is 34.0 Å². The Morgan fingerprint density at radius 1 is 1.36 bits per heavy atom. The summed E-state index contributed by atoms with van der Waals surface area (Å²) < 4.78 is 1.68. The van der Waals surface area contributed by atoms with Gasteiger partial charge < -0.3 is 4.90 Å². The highest BCUT2D eigenvalue weighted by Gasteiger charge is 2.21. The van der Waals surface area contributed by atoms with Gasteiger partial charge in [-0.25, -0.2) is 0 Å². The number of ketones is 1. The van der Waals surface area contributed by atoms with Crippen LogP contribution in [0.4, 0.5) is 5.69 Å². The summed E-state index contributed by atoms with van der Waals surface area (Å²) in [5, 5.41) is 4.05. The van der Waals surface area contributed by atoms with E-state index in [9.17, 15) is 9.59 Å². The van der Waals surface area contributed by atoms with Gasteiger partial charge in [-0.1, -0.05) is 12.1 Å². The number of carbonyl (C=O) groups is 2. The van der Waals surface area contributed by atoms with E-state index in [0.717, 1.165) is 24.2 Å². The zero-order valence-electron chi connectivity index (χ0n) is 12.4. The Hall–Kier alpha value is -2.69. The lowest BCUT2D eigenvalue weighted by Gasteiger charge is -2.16. The van der Waals surface area contributed by atoms with Gasteiger partial charge >= 0.3 is 0 Å². The molecule has 1 aliphatic rings. The van der Waals surface area contributed by atoms with E-state index in [-0.39, 0.29) is 11.7 Å². The molecular formula is C17H17N3O2. The number of amides is 1. The first-order valence-electron chi connectivity index (χ1n) is 7.25. The molecular weight excluding hydrogens is 278 g/mol. The lowest BCUT2D eigenvalue weighted by atomic mass is 10.1. The van der Waals surface area contributed by atoms with Gasteiger partial charge in [0.1, 0.15) is 0 Å². The summed E-state index contributed by atoms with van der Waals surface area (Å²) in [6.45, 7) is 0.724. The summed E-state index contributed by atoms with van der Waals surface area (Å²) in [5.41, 5.74) is 2.25. The van der Waals surface area contributed by atoms with Crippen LogP contribution in [-0.4, -0.2) is 28.0 Å². The van der Waals surface area contributed by atoms with Crippen LogP contribution in [0, 0.1) is 0 Å². The molecule has 0 unspecified atom stereocenters. The molecule has 5 nitrogen and oxygen atoms in total. The Morgan fingerprint density at radius 3 is 2.91 bits per heavy atom. The van der Waals surface area contributed by atoms with Crippen LogP contribution in [0.1, 0.15) is 28.8 Å². The summed E-state index contributed by atoms with van der Waals surface area (Å²) in [6.07, 6.45) is 8.26. The van der Waals surface area contributed by atoms with E-state index < -0.39 is 0 Å². The molecule has 112 valence electrons. The van der Waals surface area contributed by atoms with Crippen LogP contribution < -0.4 is 4.90 Å². The molecule has 1 saturated heterocycles. The lowest BCUT2D eigenvalue weighted by Crippen LogP contribution is -2.23. The topological polar surface area (TPSA) is 55.2 Å². The first-order chi connectivity index (χ1) is 10.6. The number of nitrogens with zero attached hydrogens (tertiary/aromatic N) is 3. The largest absolute Gasteiger partial charge is 0.312 e. The predicted octanol–water partition coefficient (Wildman–Crippen LogP) is 2.44. The summed E-state index contributed by atoms with van der Waals surface area (Å²) in [7, 11) is 1.83. The number of carbonyl (C=O) groups excluding carboxylic acids is 2. The second-order valence-corrected chi connectivity index (χ2v) is 5.34. The SMILES string of the molecule is Cn1cc(/C=C/C(=O)c2cccc(N3CCCC3=O)c2)cn1. The number of benzene rings is 1. The number of allylic oxidation sites excluding steroid dienone is 1. The molecule has 1 amide bonds. The number of anilines is 1. The maximum absolute atomic E-state index is 12.3. The van der Waals surface area contributed by atoms with E-state index in [1.165, 1.54) is 6.08 Å². The van der Waals surface area contributed by atoms with Gasteiger partial charge in [-0.15, -0.1) is 0 Å². The molecule has 0 saturated carbocycles. The first-order valence-corrected chi connectivity index (χ1v) is 7.25. The smallest absolute Gasteiger partial charge is 0.227 e. The van der Waals surface area contributed by atoms with Gasteiger partial charge in [0.25, 0.3) is 0 Å². The van der Waals surface area contributed by atoms with Crippen LogP contribution in [0.15, 0.2) is 42.7 Å². The van der Waals surface area contributed by atoms with Gasteiger partial charge in [-0.2, -0.15) is 5.10 Å². The van der Waals surface area contributed by atoms with Gasteiger partial charge in [-0.3, -0.25) is 14.3 Å². The second kappa shape index (κ2) is 5.97. The van der Waals surface area contributed by atoms with Crippen molar-refractivity contribution in [3.8, 4) is 0 Å². The number of aromatic nitrogens is 2. The van der Waals surface area contributed by atoms with Crippen molar-refractivity contribution in [1.29, 1.82) is 0 Å². The minimum absolute atomic E-state index is 0.0858. The average Bonchev–Trinajstić information content (AvgIpc) is 3.13. The van der Waals surface area contributed by atoms with Crippen molar-refractivity contribution >= 4 is 23.5 Å². The van der Waals surface area contributed by atoms with Gasteiger partial charge in [0, 0.05) is 43.0 Å². The molecule has 2 aromatic rings. The first kappa shape index (κ1) is 14.3. The van der Waals surface area contributed by atoms with Gasteiger partial charge in [0.2, 0.25) is 5.91 Å². The van der Waals surface area contributed by atoms with E-state index >= 15 is 0 Å². The quantitative estimate of drug-likeness (QED) is 0.643. The minimum atomic E-state index is -0.0858. The zero-order valence-corrected chi connectivity index (χ0v) is 12.4. The zero-order chi connectivity index (χ0) is 15.5. The fourth-order valence-corrected chi connectivity index (χ4v) is 2.54. The van der Waals surface area contributed by atoms with Crippen molar-refractivity contribution in [3.63, 3.8) is 0 Å². The van der Waals surface area contributed by atoms with Crippen molar-refractivity contribution in [2.75, 3.05) is 11.4 Å². The molecule has 2 heterocycles. The van der Waals surface area contributed by atoms with Crippen LogP contribution in [-0.2, 0) is 11.8 Å². The van der Waals surface area contributed by atoms with Gasteiger partial charge in [-0.05, 0) is 30.7 Å². The fraction of sp³-hybridized carbons (Fsp3) is 0.235. The van der Waals surface area contributed by atoms with Gasteiger partial charge in [0.05, 0.1) is 6.20 Å². The van der Waals surface area contributed by atoms with Crippen molar-refractivity contribution in [2.45, 2.75) is 12.8 Å². The van der Waals surface area contributed by atoms with Crippen LogP contribution >= 0.6 is 0 Å². The molecule has 0 atom stereocenters. The van der Waals surface area contributed by atoms with E-state index in [2.05, 4.69) is 5.10 Å². The Morgan fingerprint density at radius 2 is 2.23 bits per heavy atom. The number of aryl methyl sites for hydroxylation is 1. The highest BCUT2D eigenvalue weighted by Crippen LogP contribution is 2.22. The third-order valence-corrected chi connectivity index (χ3v) is 3.67. The molecule has 1 aromatic carbocycles. The number of hydrogen-bond donors (Lipinski definition) is 0. The molecule has 1 fully saturated rings. The third kappa shape index (κ3) is 2.98. The minimum Gasteiger partial charge on any atom is -0.312 e. The maximum Gasteiger partial charge on any atom is 0.227 e. The van der Waals surface area contributed by atoms with Crippen LogP contribution in [0.25, 0.3) is 6.08 Å². The maximum atomic E-state index is 12.3. The molecule has 0 aliphatic carbocycles. The van der Waals surface area contributed by atoms with Crippen LogP contribution in [0.5, 0.6) is 0 Å². The molecule has 0 N–H and O–H groups in total. The van der Waals surface area contributed by atoms with Crippen molar-refractivity contribution in [2.24, 2.45) is 7.05 Å². The Balaban J connectivity index is 1.78. The summed E-state index contributed by atoms with van der Waals surface area (Å²) in [4.78, 5) is 25.8. The molecule has 0 bridgehead atoms. The molecule has 1 aromatic heterocycles. The molecule has 3 rings (SSSR count). The van der Waals surface area contributed by atoms with E-state index in [1.807, 2.05) is 25.4 Å². The number of rotatable bonds is 4.